The molecule has 31 heavy (non-hydrogen) atoms. The molecular formula is C24H34FN3O3. The molecule has 0 aromatic heterocycles. The van der Waals surface area contributed by atoms with Crippen LogP contribution in [0.25, 0.3) is 0 Å². The molecule has 2 saturated heterocycles. The van der Waals surface area contributed by atoms with Crippen LogP contribution in [0, 0.1) is 23.6 Å². The van der Waals surface area contributed by atoms with Gasteiger partial charge in [-0.1, -0.05) is 6.42 Å². The van der Waals surface area contributed by atoms with Crippen LogP contribution in [0.2, 0.25) is 0 Å². The molecule has 0 spiro atoms. The van der Waals surface area contributed by atoms with Gasteiger partial charge in [-0.3, -0.25) is 4.79 Å². The van der Waals surface area contributed by atoms with Crippen LogP contribution in [-0.2, 0) is 9.59 Å². The molecule has 3 aliphatic rings. The van der Waals surface area contributed by atoms with Gasteiger partial charge in [0, 0.05) is 37.1 Å². The standard InChI is InChI=1S/C24H34FN3O3/c25-21-4-6-22(7-5-21)27-14-12-26(13-15-27)10-8-20-17-28(24(31)18-2-1-3-18)11-9-19(20)16-23(29)30/h4-7,18-20H,1-3,8-17H2,(H,29,30)/t19-,20-/m0/s1. The molecule has 1 aromatic rings. The molecule has 1 N–H and O–H groups in total. The SMILES string of the molecule is O=C([O-])C[C@@H]1CCN(C(=O)C2CCC2)C[C@@H]1CC[NH+]1CCN(c2ccc(F)cc2)CC1. The summed E-state index contributed by atoms with van der Waals surface area (Å²) in [5.74, 6) is -0.369. The number of hydrogen-bond donors (Lipinski definition) is 1. The number of rotatable bonds is 7. The van der Waals surface area contributed by atoms with Crippen LogP contribution in [0.1, 0.15) is 38.5 Å². The average molecular weight is 432 g/mol. The second-order valence-electron chi connectivity index (χ2n) is 9.55. The maximum Gasteiger partial charge on any atom is 0.225 e. The highest BCUT2D eigenvalue weighted by Gasteiger charge is 2.36. The highest BCUT2D eigenvalue weighted by atomic mass is 19.1. The number of nitrogens with zero attached hydrogens (tertiary/aromatic N) is 2. The molecule has 0 bridgehead atoms. The number of hydrogen-bond acceptors (Lipinski definition) is 4. The summed E-state index contributed by atoms with van der Waals surface area (Å²) in [7, 11) is 0. The van der Waals surface area contributed by atoms with Crippen LogP contribution >= 0.6 is 0 Å². The van der Waals surface area contributed by atoms with Gasteiger partial charge < -0.3 is 24.6 Å². The predicted molar refractivity (Wildman–Crippen MR) is 114 cm³/mol. The molecule has 7 heteroatoms. The zero-order valence-electron chi connectivity index (χ0n) is 18.2. The second-order valence-corrected chi connectivity index (χ2v) is 9.55. The van der Waals surface area contributed by atoms with E-state index >= 15 is 0 Å². The number of carbonyl (C=O) groups excluding carboxylic acids is 2. The van der Waals surface area contributed by atoms with Gasteiger partial charge >= 0.3 is 0 Å². The van der Waals surface area contributed by atoms with E-state index in [-0.39, 0.29) is 35.9 Å². The normalized spacial score (nSPS) is 25.3. The van der Waals surface area contributed by atoms with Gasteiger partial charge in [0.1, 0.15) is 5.82 Å². The predicted octanol–water partition coefficient (Wildman–Crippen LogP) is 0.326. The zero-order chi connectivity index (χ0) is 21.8. The summed E-state index contributed by atoms with van der Waals surface area (Å²) in [4.78, 5) is 29.8. The van der Waals surface area contributed by atoms with E-state index in [1.165, 1.54) is 17.0 Å². The van der Waals surface area contributed by atoms with Crippen molar-refractivity contribution in [3.8, 4) is 0 Å². The smallest absolute Gasteiger partial charge is 0.225 e. The Morgan fingerprint density at radius 2 is 1.74 bits per heavy atom. The van der Waals surface area contributed by atoms with Gasteiger partial charge in [0.2, 0.25) is 5.91 Å². The van der Waals surface area contributed by atoms with Crippen LogP contribution in [0.4, 0.5) is 10.1 Å². The molecule has 0 unspecified atom stereocenters. The summed E-state index contributed by atoms with van der Waals surface area (Å²) in [5, 5.41) is 11.3. The van der Waals surface area contributed by atoms with Gasteiger partial charge in [-0.2, -0.15) is 0 Å². The summed E-state index contributed by atoms with van der Waals surface area (Å²) in [6, 6.07) is 6.68. The molecule has 2 aliphatic heterocycles. The van der Waals surface area contributed by atoms with Gasteiger partial charge in [-0.15, -0.1) is 0 Å². The quantitative estimate of drug-likeness (QED) is 0.676. The number of benzene rings is 1. The van der Waals surface area contributed by atoms with Gasteiger partial charge in [0.15, 0.2) is 0 Å². The van der Waals surface area contributed by atoms with E-state index < -0.39 is 5.97 Å². The van der Waals surface area contributed by atoms with Crippen molar-refractivity contribution in [2.45, 2.75) is 38.5 Å². The molecule has 1 aromatic carbocycles. The maximum absolute atomic E-state index is 13.2. The number of carboxylic acid groups (broad SMARTS) is 1. The van der Waals surface area contributed by atoms with E-state index in [4.69, 9.17) is 0 Å². The molecule has 1 saturated carbocycles. The summed E-state index contributed by atoms with van der Waals surface area (Å²) >= 11 is 0. The molecule has 0 radical (unpaired) electrons. The van der Waals surface area contributed by atoms with Crippen molar-refractivity contribution in [1.29, 1.82) is 0 Å². The Kier molecular flexibility index (Phi) is 7.10. The number of carboxylic acids is 1. The van der Waals surface area contributed by atoms with Crippen molar-refractivity contribution < 1.29 is 24.0 Å². The maximum atomic E-state index is 13.2. The third-order valence-corrected chi connectivity index (χ3v) is 7.62. The first-order valence-electron chi connectivity index (χ1n) is 11.8. The Morgan fingerprint density at radius 1 is 1.03 bits per heavy atom. The van der Waals surface area contributed by atoms with Crippen molar-refractivity contribution in [3.05, 3.63) is 30.1 Å². The monoisotopic (exact) mass is 431 g/mol. The molecule has 2 heterocycles. The number of carbonyl (C=O) groups is 2. The molecule has 3 fully saturated rings. The summed E-state index contributed by atoms with van der Waals surface area (Å²) in [6.07, 6.45) is 4.97. The number of aliphatic carboxylic acids is 1. The van der Waals surface area contributed by atoms with Gasteiger partial charge in [-0.25, -0.2) is 4.39 Å². The molecule has 2 atom stereocenters. The Labute approximate surface area is 184 Å². The van der Waals surface area contributed by atoms with E-state index in [0.29, 0.717) is 13.1 Å². The van der Waals surface area contributed by atoms with Crippen molar-refractivity contribution in [3.63, 3.8) is 0 Å². The third kappa shape index (κ3) is 5.56. The number of piperazine rings is 1. The summed E-state index contributed by atoms with van der Waals surface area (Å²) < 4.78 is 13.2. The molecule has 170 valence electrons. The largest absolute Gasteiger partial charge is 0.550 e. The minimum absolute atomic E-state index is 0.101. The molecule has 1 amide bonds. The van der Waals surface area contributed by atoms with Crippen LogP contribution < -0.4 is 14.9 Å². The van der Waals surface area contributed by atoms with Gasteiger partial charge in [-0.05, 0) is 61.8 Å². The lowest BCUT2D eigenvalue weighted by molar-refractivity contribution is -0.901. The lowest BCUT2D eigenvalue weighted by atomic mass is 9.79. The lowest BCUT2D eigenvalue weighted by Gasteiger charge is -2.42. The molecular weight excluding hydrogens is 397 g/mol. The fourth-order valence-electron chi connectivity index (χ4n) is 5.38. The lowest BCUT2D eigenvalue weighted by Crippen LogP contribution is -3.15. The second kappa shape index (κ2) is 9.98. The third-order valence-electron chi connectivity index (χ3n) is 7.62. The fourth-order valence-corrected chi connectivity index (χ4v) is 5.38. The highest BCUT2D eigenvalue weighted by molar-refractivity contribution is 5.79. The first kappa shape index (κ1) is 22.1. The average Bonchev–Trinajstić information content (AvgIpc) is 2.72. The minimum atomic E-state index is -0.978. The Morgan fingerprint density at radius 3 is 2.35 bits per heavy atom. The van der Waals surface area contributed by atoms with Crippen LogP contribution in [0.5, 0.6) is 0 Å². The number of amides is 1. The van der Waals surface area contributed by atoms with Crippen LogP contribution in [0.3, 0.4) is 0 Å². The van der Waals surface area contributed by atoms with E-state index in [9.17, 15) is 19.1 Å². The Hall–Kier alpha value is -2.15. The van der Waals surface area contributed by atoms with Gasteiger partial charge in [0.05, 0.1) is 32.7 Å². The number of likely N-dealkylation sites (tertiary alicyclic amines) is 1. The van der Waals surface area contributed by atoms with Crippen molar-refractivity contribution >= 4 is 17.6 Å². The minimum Gasteiger partial charge on any atom is -0.550 e. The first-order valence-corrected chi connectivity index (χ1v) is 11.8. The zero-order valence-corrected chi connectivity index (χ0v) is 18.2. The number of piperidine rings is 1. The van der Waals surface area contributed by atoms with E-state index in [1.807, 2.05) is 17.0 Å². The number of quaternary nitrogens is 1. The fraction of sp³-hybridized carbons (Fsp3) is 0.667. The van der Waals surface area contributed by atoms with Crippen LogP contribution in [0.15, 0.2) is 24.3 Å². The van der Waals surface area contributed by atoms with Gasteiger partial charge in [0.25, 0.3) is 0 Å². The van der Waals surface area contributed by atoms with E-state index in [0.717, 1.165) is 70.5 Å². The van der Waals surface area contributed by atoms with E-state index in [2.05, 4.69) is 4.90 Å². The first-order chi connectivity index (χ1) is 15.0. The Bertz CT molecular complexity index is 760. The number of nitrogens with one attached hydrogen (secondary N) is 1. The highest BCUT2D eigenvalue weighted by Crippen LogP contribution is 2.33. The topological polar surface area (TPSA) is 68.1 Å². The molecule has 6 nitrogen and oxygen atoms in total. The Balaban J connectivity index is 1.28. The number of anilines is 1. The van der Waals surface area contributed by atoms with E-state index in [1.54, 1.807) is 0 Å². The van der Waals surface area contributed by atoms with Crippen LogP contribution in [-0.4, -0.2) is 62.6 Å². The summed E-state index contributed by atoms with van der Waals surface area (Å²) in [6.45, 7) is 6.27. The van der Waals surface area contributed by atoms with Crippen molar-refractivity contribution in [2.24, 2.45) is 17.8 Å². The van der Waals surface area contributed by atoms with Crippen molar-refractivity contribution in [2.75, 3.05) is 50.7 Å². The molecule has 4 rings (SSSR count). The summed E-state index contributed by atoms with van der Waals surface area (Å²) in [5.41, 5.74) is 1.06. The number of halogens is 1. The van der Waals surface area contributed by atoms with Crippen molar-refractivity contribution in [1.82, 2.24) is 4.90 Å². The molecule has 1 aliphatic carbocycles.